The summed E-state index contributed by atoms with van der Waals surface area (Å²) in [4.78, 5) is 0. The third kappa shape index (κ3) is 4.65. The Morgan fingerprint density at radius 1 is 1.10 bits per heavy atom. The van der Waals surface area contributed by atoms with Gasteiger partial charge in [0.1, 0.15) is 5.82 Å². The zero-order valence-corrected chi connectivity index (χ0v) is 14.1. The first-order valence-electron chi connectivity index (χ1n) is 7.32. The first-order valence-corrected chi connectivity index (χ1v) is 8.11. The van der Waals surface area contributed by atoms with E-state index in [4.69, 9.17) is 0 Å². The molecule has 1 N–H and O–H groups in total. The molecular formula is C18H21BrFN. The van der Waals surface area contributed by atoms with E-state index in [1.54, 1.807) is 0 Å². The van der Waals surface area contributed by atoms with Crippen molar-refractivity contribution >= 4 is 15.9 Å². The van der Waals surface area contributed by atoms with E-state index in [0.717, 1.165) is 29.4 Å². The summed E-state index contributed by atoms with van der Waals surface area (Å²) in [6.07, 6.45) is 1.85. The molecule has 2 rings (SSSR count). The van der Waals surface area contributed by atoms with Crippen LogP contribution in [0.4, 0.5) is 4.39 Å². The molecule has 0 fully saturated rings. The number of hydrogen-bond acceptors (Lipinski definition) is 1. The maximum absolute atomic E-state index is 13.2. The molecule has 0 spiro atoms. The third-order valence-electron chi connectivity index (χ3n) is 3.70. The molecular weight excluding hydrogens is 329 g/mol. The second kappa shape index (κ2) is 7.71. The molecule has 0 amide bonds. The molecule has 21 heavy (non-hydrogen) atoms. The van der Waals surface area contributed by atoms with Gasteiger partial charge in [-0.25, -0.2) is 4.39 Å². The van der Waals surface area contributed by atoms with Gasteiger partial charge in [-0.1, -0.05) is 53.2 Å². The Labute approximate surface area is 134 Å². The van der Waals surface area contributed by atoms with Crippen molar-refractivity contribution in [2.45, 2.75) is 32.7 Å². The van der Waals surface area contributed by atoms with Gasteiger partial charge >= 0.3 is 0 Å². The average molecular weight is 350 g/mol. The fourth-order valence-electron chi connectivity index (χ4n) is 2.56. The first-order chi connectivity index (χ1) is 10.1. The fraction of sp³-hybridized carbons (Fsp3) is 0.333. The van der Waals surface area contributed by atoms with Gasteiger partial charge in [0.2, 0.25) is 0 Å². The second-order valence-electron chi connectivity index (χ2n) is 5.33. The smallest absolute Gasteiger partial charge is 0.124 e. The molecule has 0 aromatic heterocycles. The van der Waals surface area contributed by atoms with Gasteiger partial charge in [0.25, 0.3) is 0 Å². The van der Waals surface area contributed by atoms with E-state index in [2.05, 4.69) is 59.4 Å². The highest BCUT2D eigenvalue weighted by Crippen LogP contribution is 2.21. The summed E-state index contributed by atoms with van der Waals surface area (Å²) in [5, 5.41) is 3.53. The lowest BCUT2D eigenvalue weighted by atomic mass is 9.96. The van der Waals surface area contributed by atoms with Crippen molar-refractivity contribution in [1.29, 1.82) is 0 Å². The number of halogens is 2. The molecule has 0 saturated heterocycles. The Kier molecular flexibility index (Phi) is 5.95. The maximum Gasteiger partial charge on any atom is 0.124 e. The predicted molar refractivity (Wildman–Crippen MR) is 90.2 cm³/mol. The van der Waals surface area contributed by atoms with Gasteiger partial charge in [0, 0.05) is 10.5 Å². The molecule has 2 aromatic rings. The summed E-state index contributed by atoms with van der Waals surface area (Å²) in [6.45, 7) is 5.19. The van der Waals surface area contributed by atoms with Gasteiger partial charge in [-0.05, 0) is 55.1 Å². The number of likely N-dealkylation sites (N-methyl/N-ethyl adjacent to an activating group) is 1. The van der Waals surface area contributed by atoms with Crippen LogP contribution >= 0.6 is 15.9 Å². The second-order valence-corrected chi connectivity index (χ2v) is 6.18. The summed E-state index contributed by atoms with van der Waals surface area (Å²) in [5.74, 6) is -0.204. The third-order valence-corrected chi connectivity index (χ3v) is 4.44. The number of hydrogen-bond donors (Lipinski definition) is 1. The van der Waals surface area contributed by atoms with E-state index in [-0.39, 0.29) is 5.82 Å². The lowest BCUT2D eigenvalue weighted by Crippen LogP contribution is -2.33. The van der Waals surface area contributed by atoms with E-state index in [0.29, 0.717) is 6.04 Å². The Hall–Kier alpha value is -1.19. The quantitative estimate of drug-likeness (QED) is 0.799. The molecule has 0 aliphatic heterocycles. The minimum Gasteiger partial charge on any atom is -0.314 e. The molecule has 3 heteroatoms. The minimum atomic E-state index is -0.204. The molecule has 1 nitrogen and oxygen atoms in total. The molecule has 0 heterocycles. The van der Waals surface area contributed by atoms with Crippen molar-refractivity contribution in [3.63, 3.8) is 0 Å². The van der Waals surface area contributed by atoms with Gasteiger partial charge in [-0.3, -0.25) is 0 Å². The topological polar surface area (TPSA) is 12.0 Å². The van der Waals surface area contributed by atoms with E-state index in [1.165, 1.54) is 23.3 Å². The van der Waals surface area contributed by atoms with Crippen LogP contribution in [0.1, 0.15) is 23.6 Å². The van der Waals surface area contributed by atoms with Crippen LogP contribution in [0.15, 0.2) is 46.9 Å². The summed E-state index contributed by atoms with van der Waals surface area (Å²) < 4.78 is 14.0. The first kappa shape index (κ1) is 16.2. The lowest BCUT2D eigenvalue weighted by molar-refractivity contribution is 0.519. The van der Waals surface area contributed by atoms with Crippen molar-refractivity contribution in [2.75, 3.05) is 6.54 Å². The lowest BCUT2D eigenvalue weighted by Gasteiger charge is -2.20. The van der Waals surface area contributed by atoms with Crippen LogP contribution in [0.5, 0.6) is 0 Å². The molecule has 2 aromatic carbocycles. The molecule has 1 atom stereocenters. The van der Waals surface area contributed by atoms with Crippen molar-refractivity contribution in [3.8, 4) is 0 Å². The highest BCUT2D eigenvalue weighted by Gasteiger charge is 2.13. The average Bonchev–Trinajstić information content (AvgIpc) is 2.44. The van der Waals surface area contributed by atoms with Crippen LogP contribution < -0.4 is 5.32 Å². The predicted octanol–water partition coefficient (Wildman–Crippen LogP) is 4.66. The molecule has 0 aliphatic rings. The Morgan fingerprint density at radius 2 is 1.81 bits per heavy atom. The highest BCUT2D eigenvalue weighted by molar-refractivity contribution is 9.10. The normalized spacial score (nSPS) is 12.4. The molecule has 0 aliphatic carbocycles. The van der Waals surface area contributed by atoms with Gasteiger partial charge in [-0.2, -0.15) is 0 Å². The van der Waals surface area contributed by atoms with Crippen LogP contribution in [0.25, 0.3) is 0 Å². The standard InChI is InChI=1S/C18H21BrFN/c1-3-21-17(10-14-7-5-4-6-13(14)2)11-15-8-9-16(20)12-18(15)19/h4-9,12,17,21H,3,10-11H2,1-2H3. The monoisotopic (exact) mass is 349 g/mol. The Bertz CT molecular complexity index is 598. The molecule has 0 bridgehead atoms. The van der Waals surface area contributed by atoms with Crippen molar-refractivity contribution < 1.29 is 4.39 Å². The fourth-order valence-corrected chi connectivity index (χ4v) is 3.08. The van der Waals surface area contributed by atoms with Crippen molar-refractivity contribution in [2.24, 2.45) is 0 Å². The van der Waals surface area contributed by atoms with Gasteiger partial charge < -0.3 is 5.32 Å². The van der Waals surface area contributed by atoms with Crippen LogP contribution in [-0.2, 0) is 12.8 Å². The highest BCUT2D eigenvalue weighted by atomic mass is 79.9. The van der Waals surface area contributed by atoms with E-state index < -0.39 is 0 Å². The number of rotatable bonds is 6. The molecule has 1 unspecified atom stereocenters. The summed E-state index contributed by atoms with van der Waals surface area (Å²) >= 11 is 3.46. The SMILES string of the molecule is CCNC(Cc1ccccc1C)Cc1ccc(F)cc1Br. The molecule has 0 radical (unpaired) electrons. The van der Waals surface area contributed by atoms with Crippen LogP contribution in [-0.4, -0.2) is 12.6 Å². The number of nitrogens with one attached hydrogen (secondary N) is 1. The van der Waals surface area contributed by atoms with E-state index in [9.17, 15) is 4.39 Å². The van der Waals surface area contributed by atoms with Gasteiger partial charge in [0.15, 0.2) is 0 Å². The molecule has 112 valence electrons. The van der Waals surface area contributed by atoms with E-state index >= 15 is 0 Å². The van der Waals surface area contributed by atoms with Crippen molar-refractivity contribution in [1.82, 2.24) is 5.32 Å². The van der Waals surface area contributed by atoms with E-state index in [1.807, 2.05) is 6.07 Å². The summed E-state index contributed by atoms with van der Waals surface area (Å²) in [7, 11) is 0. The molecule has 0 saturated carbocycles. The zero-order valence-electron chi connectivity index (χ0n) is 12.5. The maximum atomic E-state index is 13.2. The van der Waals surface area contributed by atoms with Gasteiger partial charge in [-0.15, -0.1) is 0 Å². The largest absolute Gasteiger partial charge is 0.314 e. The summed E-state index contributed by atoms with van der Waals surface area (Å²) in [6, 6.07) is 13.7. The van der Waals surface area contributed by atoms with Crippen LogP contribution in [0.2, 0.25) is 0 Å². The summed E-state index contributed by atoms with van der Waals surface area (Å²) in [5.41, 5.74) is 3.82. The Morgan fingerprint density at radius 3 is 2.48 bits per heavy atom. The Balaban J connectivity index is 2.14. The minimum absolute atomic E-state index is 0.204. The van der Waals surface area contributed by atoms with Crippen molar-refractivity contribution in [3.05, 3.63) is 69.4 Å². The number of aryl methyl sites for hydroxylation is 1. The number of benzene rings is 2. The zero-order chi connectivity index (χ0) is 15.2. The van der Waals surface area contributed by atoms with Crippen LogP contribution in [0, 0.1) is 12.7 Å². The van der Waals surface area contributed by atoms with Crippen LogP contribution in [0.3, 0.4) is 0 Å². The van der Waals surface area contributed by atoms with Gasteiger partial charge in [0.05, 0.1) is 0 Å².